The average molecular weight is 437 g/mol. The van der Waals surface area contributed by atoms with Gasteiger partial charge in [-0.1, -0.05) is 0 Å². The number of hydrogen-bond donors (Lipinski definition) is 0. The van der Waals surface area contributed by atoms with Crippen LogP contribution in [-0.2, 0) is 12.8 Å². The molecule has 0 bridgehead atoms. The molecule has 3 nitrogen and oxygen atoms in total. The lowest BCUT2D eigenvalue weighted by Gasteiger charge is -2.49. The molecule has 0 aliphatic carbocycles. The lowest BCUT2D eigenvalue weighted by Crippen LogP contribution is -3.00. The van der Waals surface area contributed by atoms with Crippen LogP contribution in [-0.4, -0.2) is 38.8 Å². The fraction of sp³-hybridized carbons (Fsp3) is 0.400. The zero-order valence-electron chi connectivity index (χ0n) is 14.5. The van der Waals surface area contributed by atoms with Gasteiger partial charge in [0.05, 0.1) is 34.4 Å². The van der Waals surface area contributed by atoms with Crippen LogP contribution in [0.3, 0.4) is 0 Å². The van der Waals surface area contributed by atoms with E-state index in [1.165, 1.54) is 35.3 Å². The SMILES string of the molecule is COc1ccc2c(c1)CC[N+]1(C)CCc3cc(OC)ccc3C21.[I-]. The van der Waals surface area contributed by atoms with Crippen molar-refractivity contribution >= 4 is 0 Å². The summed E-state index contributed by atoms with van der Waals surface area (Å²) >= 11 is 0. The third-order valence-electron chi connectivity index (χ3n) is 5.70. The van der Waals surface area contributed by atoms with Crippen molar-refractivity contribution in [1.82, 2.24) is 0 Å². The first-order chi connectivity index (χ1) is 11.1. The van der Waals surface area contributed by atoms with Crippen LogP contribution >= 0.6 is 0 Å². The summed E-state index contributed by atoms with van der Waals surface area (Å²) < 4.78 is 11.9. The van der Waals surface area contributed by atoms with Gasteiger partial charge in [-0.05, 0) is 47.5 Å². The number of nitrogens with zero attached hydrogens (tertiary/aromatic N) is 1. The van der Waals surface area contributed by atoms with E-state index >= 15 is 0 Å². The lowest BCUT2D eigenvalue weighted by atomic mass is 9.80. The van der Waals surface area contributed by atoms with Gasteiger partial charge in [0, 0.05) is 24.0 Å². The van der Waals surface area contributed by atoms with Crippen LogP contribution in [0.4, 0.5) is 0 Å². The molecule has 2 aliphatic heterocycles. The van der Waals surface area contributed by atoms with Crippen LogP contribution in [0.15, 0.2) is 36.4 Å². The van der Waals surface area contributed by atoms with Crippen LogP contribution in [0, 0.1) is 0 Å². The molecule has 0 saturated heterocycles. The summed E-state index contributed by atoms with van der Waals surface area (Å²) in [5, 5.41) is 0. The molecule has 0 N–H and O–H groups in total. The number of ether oxygens (including phenoxy) is 2. The molecular formula is C20H24INO2. The average Bonchev–Trinajstić information content (AvgIpc) is 2.60. The summed E-state index contributed by atoms with van der Waals surface area (Å²) in [5.41, 5.74) is 5.80. The van der Waals surface area contributed by atoms with Gasteiger partial charge in [-0.25, -0.2) is 0 Å². The minimum absolute atomic E-state index is 0. The van der Waals surface area contributed by atoms with Gasteiger partial charge in [-0.2, -0.15) is 0 Å². The van der Waals surface area contributed by atoms with E-state index in [0.29, 0.717) is 6.04 Å². The zero-order valence-corrected chi connectivity index (χ0v) is 16.7. The van der Waals surface area contributed by atoms with E-state index in [1.807, 2.05) is 0 Å². The minimum Gasteiger partial charge on any atom is -1.00 e. The maximum Gasteiger partial charge on any atom is 0.141 e. The molecule has 4 rings (SSSR count). The first kappa shape index (κ1) is 17.5. The second-order valence-corrected chi connectivity index (χ2v) is 6.96. The lowest BCUT2D eigenvalue weighted by molar-refractivity contribution is -0.937. The quantitative estimate of drug-likeness (QED) is 0.499. The molecule has 2 aliphatic rings. The minimum atomic E-state index is 0. The summed E-state index contributed by atoms with van der Waals surface area (Å²) in [6.07, 6.45) is 2.26. The Morgan fingerprint density at radius 1 is 0.833 bits per heavy atom. The largest absolute Gasteiger partial charge is 1.00 e. The van der Waals surface area contributed by atoms with Crippen LogP contribution in [0.1, 0.15) is 28.3 Å². The monoisotopic (exact) mass is 437 g/mol. The Morgan fingerprint density at radius 2 is 1.29 bits per heavy atom. The van der Waals surface area contributed by atoms with E-state index in [9.17, 15) is 0 Å². The van der Waals surface area contributed by atoms with Gasteiger partial charge in [-0.3, -0.25) is 0 Å². The summed E-state index contributed by atoms with van der Waals surface area (Å²) in [6, 6.07) is 13.6. The van der Waals surface area contributed by atoms with Crippen molar-refractivity contribution in [3.05, 3.63) is 58.7 Å². The summed E-state index contributed by atoms with van der Waals surface area (Å²) in [6.45, 7) is 2.38. The second kappa shape index (κ2) is 6.56. The number of likely N-dealkylation sites (N-methyl/N-ethyl adjacent to an activating group) is 1. The highest BCUT2D eigenvalue weighted by atomic mass is 127. The number of benzene rings is 2. The Bertz CT molecular complexity index is 700. The Hall–Kier alpha value is -1.27. The van der Waals surface area contributed by atoms with Gasteiger partial charge in [0.2, 0.25) is 0 Å². The Balaban J connectivity index is 0.00000169. The highest BCUT2D eigenvalue weighted by molar-refractivity contribution is 5.47. The number of fused-ring (bicyclic) bond motifs is 5. The van der Waals surface area contributed by atoms with Gasteiger partial charge in [-0.15, -0.1) is 0 Å². The number of quaternary nitrogens is 1. The fourth-order valence-electron chi connectivity index (χ4n) is 4.35. The van der Waals surface area contributed by atoms with E-state index in [4.69, 9.17) is 9.47 Å². The predicted octanol–water partition coefficient (Wildman–Crippen LogP) is 0.356. The van der Waals surface area contributed by atoms with Crippen molar-refractivity contribution in [2.45, 2.75) is 18.9 Å². The third kappa shape index (κ3) is 2.69. The number of hydrogen-bond acceptors (Lipinski definition) is 2. The molecule has 24 heavy (non-hydrogen) atoms. The van der Waals surface area contributed by atoms with Crippen LogP contribution in [0.2, 0.25) is 0 Å². The Labute approximate surface area is 161 Å². The molecule has 0 fully saturated rings. The number of methoxy groups -OCH3 is 2. The van der Waals surface area contributed by atoms with E-state index < -0.39 is 0 Å². The predicted molar refractivity (Wildman–Crippen MR) is 91.2 cm³/mol. The van der Waals surface area contributed by atoms with Gasteiger partial charge >= 0.3 is 0 Å². The molecule has 2 aromatic rings. The van der Waals surface area contributed by atoms with Crippen molar-refractivity contribution in [3.63, 3.8) is 0 Å². The molecule has 0 aromatic heterocycles. The summed E-state index contributed by atoms with van der Waals surface area (Å²) in [7, 11) is 5.89. The molecular weight excluding hydrogens is 413 g/mol. The molecule has 4 heteroatoms. The molecule has 0 spiro atoms. The van der Waals surface area contributed by atoms with E-state index in [-0.39, 0.29) is 24.0 Å². The zero-order chi connectivity index (χ0) is 16.0. The molecule has 128 valence electrons. The standard InChI is InChI=1S/C20H24NO2.HI/c1-21-10-8-14-12-16(22-2)4-6-18(14)20(21)19-7-5-17(23-3)13-15(19)9-11-21;/h4-7,12-13,20H,8-11H2,1-3H3;1H/q+1;/p-1. The molecule has 0 saturated carbocycles. The fourth-order valence-corrected chi connectivity index (χ4v) is 4.35. The molecule has 0 radical (unpaired) electrons. The summed E-state index contributed by atoms with van der Waals surface area (Å²) in [5.74, 6) is 1.93. The normalized spacial score (nSPS) is 24.0. The van der Waals surface area contributed by atoms with E-state index in [0.717, 1.165) is 28.8 Å². The van der Waals surface area contributed by atoms with Crippen LogP contribution < -0.4 is 33.5 Å². The number of halogens is 1. The van der Waals surface area contributed by atoms with Gasteiger partial charge in [0.1, 0.15) is 17.5 Å². The van der Waals surface area contributed by atoms with E-state index in [1.54, 1.807) is 14.2 Å². The maximum absolute atomic E-state index is 5.42. The first-order valence-corrected chi connectivity index (χ1v) is 8.32. The molecule has 0 amide bonds. The number of rotatable bonds is 2. The van der Waals surface area contributed by atoms with Crippen molar-refractivity contribution < 1.29 is 37.9 Å². The highest BCUT2D eigenvalue weighted by Crippen LogP contribution is 2.45. The third-order valence-corrected chi connectivity index (χ3v) is 5.70. The maximum atomic E-state index is 5.42. The summed E-state index contributed by atoms with van der Waals surface area (Å²) in [4.78, 5) is 0. The van der Waals surface area contributed by atoms with Crippen molar-refractivity contribution in [1.29, 1.82) is 0 Å². The van der Waals surface area contributed by atoms with Crippen molar-refractivity contribution in [2.24, 2.45) is 0 Å². The van der Waals surface area contributed by atoms with Crippen molar-refractivity contribution in [2.75, 3.05) is 34.4 Å². The highest BCUT2D eigenvalue weighted by Gasteiger charge is 2.43. The smallest absolute Gasteiger partial charge is 0.141 e. The molecule has 2 heterocycles. The molecule has 0 unspecified atom stereocenters. The van der Waals surface area contributed by atoms with Gasteiger partial charge < -0.3 is 37.9 Å². The molecule has 0 atom stereocenters. The van der Waals surface area contributed by atoms with Gasteiger partial charge in [0.25, 0.3) is 0 Å². The van der Waals surface area contributed by atoms with Crippen molar-refractivity contribution in [3.8, 4) is 11.5 Å². The molecule has 2 aromatic carbocycles. The topological polar surface area (TPSA) is 18.5 Å². The second-order valence-electron chi connectivity index (χ2n) is 6.96. The Kier molecular flexibility index (Phi) is 4.80. The van der Waals surface area contributed by atoms with E-state index in [2.05, 4.69) is 43.4 Å². The van der Waals surface area contributed by atoms with Crippen LogP contribution in [0.25, 0.3) is 0 Å². The Morgan fingerprint density at radius 3 is 1.71 bits per heavy atom. The first-order valence-electron chi connectivity index (χ1n) is 8.32. The van der Waals surface area contributed by atoms with Gasteiger partial charge in [0.15, 0.2) is 0 Å². The van der Waals surface area contributed by atoms with Crippen LogP contribution in [0.5, 0.6) is 11.5 Å².